The van der Waals surface area contributed by atoms with Crippen LogP contribution < -0.4 is 9.47 Å². The van der Waals surface area contributed by atoms with Crippen molar-refractivity contribution in [3.63, 3.8) is 0 Å². The van der Waals surface area contributed by atoms with Gasteiger partial charge in [-0.05, 0) is 122 Å². The van der Waals surface area contributed by atoms with Crippen LogP contribution in [0.5, 0.6) is 23.3 Å². The number of hydrogen-bond donors (Lipinski definition) is 0. The zero-order valence-corrected chi connectivity index (χ0v) is 38.5. The van der Waals surface area contributed by atoms with E-state index in [2.05, 4.69) is 112 Å². The average molecular weight is 1140 g/mol. The van der Waals surface area contributed by atoms with E-state index in [0.29, 0.717) is 34.4 Å². The van der Waals surface area contributed by atoms with Crippen molar-refractivity contribution in [3.05, 3.63) is 205 Å². The number of aryl methyl sites for hydroxylation is 6. The first kappa shape index (κ1) is 46.5. The van der Waals surface area contributed by atoms with Crippen molar-refractivity contribution in [1.29, 1.82) is 0 Å². The number of aromatic nitrogens is 4. The topological polar surface area (TPSA) is 54.1 Å². The molecule has 0 fully saturated rings. The van der Waals surface area contributed by atoms with E-state index in [1.165, 1.54) is 44.5 Å². The summed E-state index contributed by atoms with van der Waals surface area (Å²) in [5.74, 6) is 2.02. The molecule has 0 aliphatic heterocycles. The van der Waals surface area contributed by atoms with Gasteiger partial charge in [-0.1, -0.05) is 46.9 Å². The minimum absolute atomic E-state index is 0. The van der Waals surface area contributed by atoms with Gasteiger partial charge in [-0.2, -0.15) is 12.1 Å². The molecule has 0 unspecified atom stereocenters. The summed E-state index contributed by atoms with van der Waals surface area (Å²) in [5, 5.41) is 0. The Morgan fingerprint density at radius 1 is 0.517 bits per heavy atom. The van der Waals surface area contributed by atoms with Crippen molar-refractivity contribution in [3.8, 4) is 68.7 Å². The third kappa shape index (κ3) is 12.4. The van der Waals surface area contributed by atoms with E-state index in [9.17, 15) is 0 Å². The van der Waals surface area contributed by atoms with E-state index in [-0.39, 0.29) is 42.1 Å². The SMILES string of the molecule is Cc1cc(C)c(-c2ccnc(Oc3[c-]c(-c4[c-]ccc(Oc5cc(-c6c(C)cc(C)cc6C)ccn5)[c-]4)[c-]cc3)c2)c(C)c1.[C-]#Cn1cccc1.[C-]#Cn1cccc1.[Pt].[Pt]. The van der Waals surface area contributed by atoms with E-state index < -0.39 is 0 Å². The fourth-order valence-corrected chi connectivity index (χ4v) is 6.75. The average Bonchev–Trinajstić information content (AvgIpc) is 3.94. The van der Waals surface area contributed by atoms with Gasteiger partial charge in [-0.3, -0.25) is 12.1 Å². The fourth-order valence-electron chi connectivity index (χ4n) is 6.75. The predicted octanol–water partition coefficient (Wildman–Crippen LogP) is 11.9. The first-order valence-corrected chi connectivity index (χ1v) is 18.5. The second-order valence-corrected chi connectivity index (χ2v) is 13.6. The van der Waals surface area contributed by atoms with Crippen LogP contribution in [-0.4, -0.2) is 19.1 Å². The van der Waals surface area contributed by atoms with Crippen LogP contribution in [0.2, 0.25) is 0 Å². The number of nitrogens with zero attached hydrogens (tertiary/aromatic N) is 4. The summed E-state index contributed by atoms with van der Waals surface area (Å²) < 4.78 is 15.4. The van der Waals surface area contributed by atoms with Crippen LogP contribution in [0.4, 0.5) is 0 Å². The Kier molecular flexibility index (Phi) is 17.3. The molecule has 4 heterocycles. The summed E-state index contributed by atoms with van der Waals surface area (Å²) in [5.41, 5.74) is 13.2. The van der Waals surface area contributed by atoms with Crippen LogP contribution in [-0.2, 0) is 42.1 Å². The van der Waals surface area contributed by atoms with Gasteiger partial charge in [0.25, 0.3) is 0 Å². The van der Waals surface area contributed by atoms with Gasteiger partial charge in [-0.15, -0.1) is 0 Å². The number of rotatable bonds is 7. The fraction of sp³-hybridized carbons (Fsp3) is 0.115. The number of benzene rings is 4. The maximum atomic E-state index is 6.57. The third-order valence-electron chi connectivity index (χ3n) is 8.97. The molecule has 306 valence electrons. The Morgan fingerprint density at radius 3 is 1.18 bits per heavy atom. The molecule has 0 aliphatic rings. The van der Waals surface area contributed by atoms with Crippen LogP contribution in [0.25, 0.3) is 33.4 Å². The van der Waals surface area contributed by atoms with Gasteiger partial charge in [0.05, 0.1) is 0 Å². The molecule has 0 amide bonds. The second kappa shape index (κ2) is 22.3. The van der Waals surface area contributed by atoms with Crippen LogP contribution in [0.3, 0.4) is 0 Å². The molecular weight excluding hydrogens is 1100 g/mol. The van der Waals surface area contributed by atoms with Crippen molar-refractivity contribution >= 4 is 0 Å². The minimum Gasteiger partial charge on any atom is -0.669 e. The first-order valence-electron chi connectivity index (χ1n) is 18.5. The van der Waals surface area contributed by atoms with Crippen LogP contribution in [0.1, 0.15) is 33.4 Å². The van der Waals surface area contributed by atoms with Crippen molar-refractivity contribution in [2.75, 3.05) is 0 Å². The largest absolute Gasteiger partial charge is 0.669 e. The molecule has 0 saturated heterocycles. The van der Waals surface area contributed by atoms with Crippen molar-refractivity contribution < 1.29 is 51.6 Å². The maximum absolute atomic E-state index is 6.57. The van der Waals surface area contributed by atoms with E-state index in [1.54, 1.807) is 58.4 Å². The molecule has 60 heavy (non-hydrogen) atoms. The van der Waals surface area contributed by atoms with Crippen molar-refractivity contribution in [2.24, 2.45) is 0 Å². The van der Waals surface area contributed by atoms with Gasteiger partial charge in [-0.25, -0.2) is 22.1 Å². The summed E-state index contributed by atoms with van der Waals surface area (Å²) in [4.78, 5) is 8.90. The molecule has 4 aromatic carbocycles. The zero-order chi connectivity index (χ0) is 41.0. The maximum Gasteiger partial charge on any atom is 0.216 e. The standard InChI is InChI=1S/C40H32N2O2.2C6H4N.2Pt/c1-25-17-27(3)39(28(4)18-25)33-13-15-41-37(23-33)43-35-11-7-9-31(21-35)32-10-8-12-36(22-32)44-38-24-34(14-16-42-38)40-29(5)19-26(2)20-30(40)6;2*1-2-7-5-3-4-6-7;;/h7-8,11-20,23-24H,1-6H3;2*3-6H;;/q-4;2*-1;;. The molecule has 8 aromatic rings. The summed E-state index contributed by atoms with van der Waals surface area (Å²) in [6.45, 7) is 12.8. The van der Waals surface area contributed by atoms with Crippen molar-refractivity contribution in [2.45, 2.75) is 41.5 Å². The summed E-state index contributed by atoms with van der Waals surface area (Å²) >= 11 is 0. The Hall–Kier alpha value is -6.16. The molecular formula is C52H40N4O2Pt2-6. The van der Waals surface area contributed by atoms with Gasteiger partial charge in [0.15, 0.2) is 0 Å². The molecule has 0 bridgehead atoms. The quantitative estimate of drug-likeness (QED) is 0.118. The number of pyridine rings is 2. The van der Waals surface area contributed by atoms with Gasteiger partial charge < -0.3 is 66.8 Å². The molecule has 0 radical (unpaired) electrons. The number of hydrogen-bond acceptors (Lipinski definition) is 4. The van der Waals surface area contributed by atoms with Gasteiger partial charge in [0.1, 0.15) is 0 Å². The van der Waals surface area contributed by atoms with Crippen LogP contribution >= 0.6 is 0 Å². The normalized spacial score (nSPS) is 9.87. The van der Waals surface area contributed by atoms with Gasteiger partial charge in [0.2, 0.25) is 11.8 Å². The first-order chi connectivity index (χ1) is 28.1. The summed E-state index contributed by atoms with van der Waals surface area (Å²) in [6, 6.07) is 48.7. The molecule has 0 N–H and O–H groups in total. The number of ether oxygens (including phenoxy) is 2. The summed E-state index contributed by atoms with van der Waals surface area (Å²) in [7, 11) is 0. The van der Waals surface area contributed by atoms with Gasteiger partial charge >= 0.3 is 0 Å². The second-order valence-electron chi connectivity index (χ2n) is 13.6. The van der Waals surface area contributed by atoms with E-state index in [0.717, 1.165) is 11.1 Å². The zero-order valence-electron chi connectivity index (χ0n) is 33.9. The molecule has 0 aliphatic carbocycles. The molecule has 6 nitrogen and oxygen atoms in total. The molecule has 4 aromatic heterocycles. The Balaban J connectivity index is 0.000000419. The molecule has 0 spiro atoms. The van der Waals surface area contributed by atoms with Crippen LogP contribution in [0, 0.1) is 90.7 Å². The molecule has 0 saturated carbocycles. The molecule has 8 rings (SSSR count). The van der Waals surface area contributed by atoms with Gasteiger partial charge in [0, 0.05) is 91.4 Å². The minimum atomic E-state index is 0. The monoisotopic (exact) mass is 1140 g/mol. The Morgan fingerprint density at radius 2 is 0.867 bits per heavy atom. The predicted molar refractivity (Wildman–Crippen MR) is 229 cm³/mol. The van der Waals surface area contributed by atoms with E-state index >= 15 is 0 Å². The van der Waals surface area contributed by atoms with Crippen molar-refractivity contribution in [1.82, 2.24) is 19.1 Å². The Labute approximate surface area is 383 Å². The van der Waals surface area contributed by atoms with Crippen LogP contribution in [0.15, 0.2) is 134 Å². The molecule has 8 heteroatoms. The van der Waals surface area contributed by atoms with E-state index in [1.807, 2.05) is 60.7 Å². The van der Waals surface area contributed by atoms with E-state index in [4.69, 9.17) is 22.3 Å². The Bertz CT molecular complexity index is 2490. The molecule has 0 atom stereocenters. The smallest absolute Gasteiger partial charge is 0.216 e. The third-order valence-corrected chi connectivity index (χ3v) is 8.97. The summed E-state index contributed by atoms with van der Waals surface area (Å²) in [6.07, 6.45) is 23.7.